The number of carbonyl (C=O) groups is 4. The van der Waals surface area contributed by atoms with Gasteiger partial charge in [0.1, 0.15) is 6.04 Å². The molecular formula is C27H33F2N3O4. The summed E-state index contributed by atoms with van der Waals surface area (Å²) in [6.45, 7) is 4.25. The minimum absolute atomic E-state index is 0.000587. The van der Waals surface area contributed by atoms with E-state index in [4.69, 9.17) is 0 Å². The fourth-order valence-electron chi connectivity index (χ4n) is 3.61. The van der Waals surface area contributed by atoms with Crippen molar-refractivity contribution in [3.05, 3.63) is 71.8 Å². The van der Waals surface area contributed by atoms with Gasteiger partial charge in [0.25, 0.3) is 0 Å². The number of hydrogen-bond donors (Lipinski definition) is 3. The first-order valence-electron chi connectivity index (χ1n) is 11.8. The minimum Gasteiger partial charge on any atom is -0.347 e. The van der Waals surface area contributed by atoms with E-state index in [1.807, 2.05) is 0 Å². The number of carbonyl (C=O) groups excluding carboxylic acids is 4. The number of nitrogens with one attached hydrogen (secondary N) is 3. The second kappa shape index (κ2) is 13.5. The number of hydrogen-bond acceptors (Lipinski definition) is 4. The van der Waals surface area contributed by atoms with Crippen molar-refractivity contribution in [2.24, 2.45) is 5.92 Å². The van der Waals surface area contributed by atoms with Crippen LogP contribution in [0.3, 0.4) is 0 Å². The summed E-state index contributed by atoms with van der Waals surface area (Å²) < 4.78 is 30.1. The third kappa shape index (κ3) is 9.20. The molecular weight excluding hydrogens is 468 g/mol. The van der Waals surface area contributed by atoms with Crippen molar-refractivity contribution in [3.8, 4) is 0 Å². The third-order valence-electron chi connectivity index (χ3n) is 5.61. The van der Waals surface area contributed by atoms with Crippen LogP contribution in [0.2, 0.25) is 0 Å². The number of amides is 3. The molecule has 36 heavy (non-hydrogen) atoms. The molecule has 0 radical (unpaired) electrons. The van der Waals surface area contributed by atoms with E-state index in [0.29, 0.717) is 11.1 Å². The summed E-state index contributed by atoms with van der Waals surface area (Å²) in [5.74, 6) is -7.25. The van der Waals surface area contributed by atoms with E-state index in [2.05, 4.69) is 16.0 Å². The molecule has 0 fully saturated rings. The fourth-order valence-corrected chi connectivity index (χ4v) is 3.61. The van der Waals surface area contributed by atoms with Gasteiger partial charge in [-0.25, -0.2) is 0 Å². The topological polar surface area (TPSA) is 104 Å². The molecule has 2 aromatic carbocycles. The van der Waals surface area contributed by atoms with E-state index in [9.17, 15) is 19.2 Å². The molecule has 0 aromatic heterocycles. The van der Waals surface area contributed by atoms with Crippen LogP contribution in [0.5, 0.6) is 0 Å². The molecule has 0 heterocycles. The van der Waals surface area contributed by atoms with Crippen molar-refractivity contribution >= 4 is 23.5 Å². The van der Waals surface area contributed by atoms with Crippen LogP contribution in [0.4, 0.5) is 8.78 Å². The van der Waals surface area contributed by atoms with Crippen LogP contribution in [0.15, 0.2) is 60.7 Å². The van der Waals surface area contributed by atoms with Crippen LogP contribution >= 0.6 is 0 Å². The molecule has 2 atom stereocenters. The molecule has 0 aliphatic heterocycles. The molecule has 2 rings (SSSR count). The first-order chi connectivity index (χ1) is 17.0. The maximum absolute atomic E-state index is 15.0. The summed E-state index contributed by atoms with van der Waals surface area (Å²) in [7, 11) is 0. The van der Waals surface area contributed by atoms with Crippen molar-refractivity contribution in [1.82, 2.24) is 16.0 Å². The average Bonchev–Trinajstić information content (AvgIpc) is 2.85. The van der Waals surface area contributed by atoms with Gasteiger partial charge in [0, 0.05) is 13.3 Å². The lowest BCUT2D eigenvalue weighted by Crippen LogP contribution is -2.57. The number of alkyl halides is 2. The fraction of sp³-hybridized carbons (Fsp3) is 0.407. The molecule has 0 aliphatic carbocycles. The van der Waals surface area contributed by atoms with E-state index >= 15 is 8.78 Å². The molecule has 9 heteroatoms. The van der Waals surface area contributed by atoms with Gasteiger partial charge in [0.05, 0.1) is 12.6 Å². The Labute approximate surface area is 210 Å². The van der Waals surface area contributed by atoms with Crippen LogP contribution < -0.4 is 16.0 Å². The summed E-state index contributed by atoms with van der Waals surface area (Å²) in [6, 6.07) is 14.6. The number of aryl methyl sites for hydroxylation is 1. The Morgan fingerprint density at radius 2 is 1.42 bits per heavy atom. The van der Waals surface area contributed by atoms with E-state index in [1.54, 1.807) is 74.5 Å². The minimum atomic E-state index is -3.68. The smallest absolute Gasteiger partial charge is 0.307 e. The van der Waals surface area contributed by atoms with Gasteiger partial charge < -0.3 is 16.0 Å². The van der Waals surface area contributed by atoms with Gasteiger partial charge in [-0.3, -0.25) is 19.2 Å². The van der Waals surface area contributed by atoms with Gasteiger partial charge in [0.2, 0.25) is 23.5 Å². The van der Waals surface area contributed by atoms with Gasteiger partial charge in [-0.15, -0.1) is 0 Å². The first-order valence-corrected chi connectivity index (χ1v) is 11.8. The lowest BCUT2D eigenvalue weighted by molar-refractivity contribution is -0.148. The first kappa shape index (κ1) is 28.6. The highest BCUT2D eigenvalue weighted by Gasteiger charge is 2.43. The molecule has 0 saturated heterocycles. The zero-order chi connectivity index (χ0) is 26.7. The lowest BCUT2D eigenvalue weighted by Gasteiger charge is -2.27. The molecule has 0 unspecified atom stereocenters. The highest BCUT2D eigenvalue weighted by molar-refractivity contribution is 5.96. The van der Waals surface area contributed by atoms with E-state index in [0.717, 1.165) is 0 Å². The normalized spacial score (nSPS) is 12.9. The van der Waals surface area contributed by atoms with Gasteiger partial charge >= 0.3 is 5.92 Å². The maximum atomic E-state index is 15.0. The number of ketones is 1. The molecule has 3 N–H and O–H groups in total. The molecule has 2 aromatic rings. The lowest BCUT2D eigenvalue weighted by atomic mass is 9.94. The third-order valence-corrected chi connectivity index (χ3v) is 5.61. The predicted molar refractivity (Wildman–Crippen MR) is 132 cm³/mol. The van der Waals surface area contributed by atoms with Gasteiger partial charge in [-0.2, -0.15) is 8.78 Å². The highest BCUT2D eigenvalue weighted by atomic mass is 19.3. The molecule has 0 saturated carbocycles. The largest absolute Gasteiger partial charge is 0.347 e. The van der Waals surface area contributed by atoms with Gasteiger partial charge in [-0.1, -0.05) is 74.5 Å². The van der Waals surface area contributed by atoms with Crippen LogP contribution in [0.25, 0.3) is 0 Å². The zero-order valence-corrected chi connectivity index (χ0v) is 20.7. The second-order valence-corrected chi connectivity index (χ2v) is 9.00. The molecule has 194 valence electrons. The van der Waals surface area contributed by atoms with Crippen LogP contribution in [-0.2, 0) is 32.0 Å². The van der Waals surface area contributed by atoms with Crippen LogP contribution in [-0.4, -0.2) is 48.1 Å². The summed E-state index contributed by atoms with van der Waals surface area (Å²) in [5, 5.41) is 7.28. The van der Waals surface area contributed by atoms with Crippen LogP contribution in [0.1, 0.15) is 38.3 Å². The predicted octanol–water partition coefficient (Wildman–Crippen LogP) is 2.83. The summed E-state index contributed by atoms with van der Waals surface area (Å²) in [4.78, 5) is 49.3. The number of Topliss-reactive ketones (excluding diaryl/α,β-unsaturated/α-hetero) is 1. The molecule has 7 nitrogen and oxygen atoms in total. The number of rotatable bonds is 13. The standard InChI is InChI=1S/C27H33F2N3O4/c1-18(2)24(32-23(34)17-30-19(3)33)26(36)31-22(16-21-12-8-5-9-13-21)25(35)27(28,29)15-14-20-10-6-4-7-11-20/h4-13,18,22,24H,14-17H2,1-3H3,(H,30,33)(H,31,36)(H,32,34)/t22-,24-/m0/s1. The Balaban J connectivity index is 2.19. The van der Waals surface area contributed by atoms with E-state index in [1.165, 1.54) is 6.92 Å². The Morgan fingerprint density at radius 3 is 1.94 bits per heavy atom. The SMILES string of the molecule is CC(=O)NCC(=O)N[C@H](C(=O)N[C@@H](Cc1ccccc1)C(=O)C(F)(F)CCc1ccccc1)C(C)C. The van der Waals surface area contributed by atoms with Gasteiger partial charge in [-0.05, 0) is 29.9 Å². The Hall–Kier alpha value is -3.62. The van der Waals surface area contributed by atoms with Crippen molar-refractivity contribution in [3.63, 3.8) is 0 Å². The van der Waals surface area contributed by atoms with Gasteiger partial charge in [0.15, 0.2) is 0 Å². The van der Waals surface area contributed by atoms with E-state index in [-0.39, 0.29) is 19.4 Å². The Kier molecular flexibility index (Phi) is 10.7. The number of benzene rings is 2. The molecule has 3 amide bonds. The van der Waals surface area contributed by atoms with Crippen molar-refractivity contribution in [2.75, 3.05) is 6.54 Å². The van der Waals surface area contributed by atoms with Crippen molar-refractivity contribution in [1.29, 1.82) is 0 Å². The zero-order valence-electron chi connectivity index (χ0n) is 20.7. The second-order valence-electron chi connectivity index (χ2n) is 9.00. The maximum Gasteiger partial charge on any atom is 0.307 e. The Bertz CT molecular complexity index is 1030. The van der Waals surface area contributed by atoms with E-state index < -0.39 is 53.8 Å². The molecule has 0 bridgehead atoms. The highest BCUT2D eigenvalue weighted by Crippen LogP contribution is 2.25. The quantitative estimate of drug-likeness (QED) is 0.393. The number of halogens is 2. The monoisotopic (exact) mass is 501 g/mol. The van der Waals surface area contributed by atoms with Crippen LogP contribution in [0, 0.1) is 5.92 Å². The van der Waals surface area contributed by atoms with Crippen molar-refractivity contribution in [2.45, 2.75) is 58.0 Å². The molecule has 0 spiro atoms. The summed E-state index contributed by atoms with van der Waals surface area (Å²) in [6.07, 6.45) is -0.825. The average molecular weight is 502 g/mol. The summed E-state index contributed by atoms with van der Waals surface area (Å²) >= 11 is 0. The summed E-state index contributed by atoms with van der Waals surface area (Å²) in [5.41, 5.74) is 1.28. The molecule has 0 aliphatic rings. The van der Waals surface area contributed by atoms with Crippen molar-refractivity contribution < 1.29 is 28.0 Å². The Morgan fingerprint density at radius 1 is 0.861 bits per heavy atom.